The predicted octanol–water partition coefficient (Wildman–Crippen LogP) is 4.64. The van der Waals surface area contributed by atoms with Crippen molar-refractivity contribution >= 4 is 28.6 Å². The van der Waals surface area contributed by atoms with Crippen LogP contribution in [-0.2, 0) is 6.54 Å². The first-order valence-electron chi connectivity index (χ1n) is 5.73. The van der Waals surface area contributed by atoms with Gasteiger partial charge in [0.25, 0.3) is 0 Å². The molecule has 0 saturated carbocycles. The highest BCUT2D eigenvalue weighted by molar-refractivity contribution is 7.12. The molecule has 0 fully saturated rings. The zero-order chi connectivity index (χ0) is 13.1. The van der Waals surface area contributed by atoms with Crippen LogP contribution in [0.25, 0.3) is 0 Å². The summed E-state index contributed by atoms with van der Waals surface area (Å²) >= 11 is 7.82. The molecule has 0 aliphatic carbocycles. The summed E-state index contributed by atoms with van der Waals surface area (Å²) in [5, 5.41) is 4.08. The fourth-order valence-electron chi connectivity index (χ4n) is 1.87. The van der Waals surface area contributed by atoms with Gasteiger partial charge >= 0.3 is 0 Å². The number of nitrogens with one attached hydrogen (secondary N) is 1. The average Bonchev–Trinajstić information content (AvgIpc) is 2.65. The van der Waals surface area contributed by atoms with Crippen molar-refractivity contribution in [2.24, 2.45) is 0 Å². The van der Waals surface area contributed by atoms with Crippen LogP contribution in [-0.4, -0.2) is 7.11 Å². The van der Waals surface area contributed by atoms with Crippen LogP contribution < -0.4 is 10.1 Å². The molecule has 2 rings (SSSR count). The number of ether oxygens (including phenoxy) is 1. The van der Waals surface area contributed by atoms with Crippen LogP contribution in [0.15, 0.2) is 24.3 Å². The lowest BCUT2D eigenvalue weighted by Gasteiger charge is -2.11. The van der Waals surface area contributed by atoms with Gasteiger partial charge in [0.15, 0.2) is 0 Å². The lowest BCUT2D eigenvalue weighted by atomic mass is 10.2. The molecule has 0 unspecified atom stereocenters. The summed E-state index contributed by atoms with van der Waals surface area (Å²) < 4.78 is 5.31. The highest BCUT2D eigenvalue weighted by Crippen LogP contribution is 2.29. The van der Waals surface area contributed by atoms with E-state index in [0.717, 1.165) is 18.0 Å². The second kappa shape index (κ2) is 5.63. The fourth-order valence-corrected chi connectivity index (χ4v) is 2.99. The van der Waals surface area contributed by atoms with Gasteiger partial charge in [-0.25, -0.2) is 0 Å². The molecular formula is C14H16ClNOS. The minimum absolute atomic E-state index is 0.705. The molecule has 0 atom stereocenters. The number of anilines is 1. The second-order valence-electron chi connectivity index (χ2n) is 4.14. The van der Waals surface area contributed by atoms with Crippen molar-refractivity contribution in [2.45, 2.75) is 20.4 Å². The smallest absolute Gasteiger partial charge is 0.142 e. The van der Waals surface area contributed by atoms with Crippen LogP contribution in [0.5, 0.6) is 5.75 Å². The summed E-state index contributed by atoms with van der Waals surface area (Å²) in [5.74, 6) is 0.809. The Labute approximate surface area is 117 Å². The van der Waals surface area contributed by atoms with Crippen molar-refractivity contribution in [2.75, 3.05) is 12.4 Å². The highest BCUT2D eigenvalue weighted by atomic mass is 35.5. The van der Waals surface area contributed by atoms with Crippen molar-refractivity contribution in [1.82, 2.24) is 0 Å². The van der Waals surface area contributed by atoms with Crippen molar-refractivity contribution in [1.29, 1.82) is 0 Å². The first kappa shape index (κ1) is 13.2. The number of hydrogen-bond donors (Lipinski definition) is 1. The maximum atomic E-state index is 6.00. The molecule has 1 aromatic carbocycles. The molecule has 2 aromatic rings. The fraction of sp³-hybridized carbons (Fsp3) is 0.286. The van der Waals surface area contributed by atoms with Gasteiger partial charge in [-0.3, -0.25) is 0 Å². The van der Waals surface area contributed by atoms with E-state index in [1.165, 1.54) is 15.3 Å². The van der Waals surface area contributed by atoms with E-state index in [2.05, 4.69) is 25.2 Å². The number of halogens is 1. The molecule has 0 aliphatic rings. The molecule has 0 amide bonds. The lowest BCUT2D eigenvalue weighted by Crippen LogP contribution is -2.01. The average molecular weight is 282 g/mol. The monoisotopic (exact) mass is 281 g/mol. The Morgan fingerprint density at radius 1 is 1.28 bits per heavy atom. The van der Waals surface area contributed by atoms with Crippen LogP contribution in [0.3, 0.4) is 0 Å². The summed E-state index contributed by atoms with van der Waals surface area (Å²) in [7, 11) is 1.66. The number of hydrogen-bond acceptors (Lipinski definition) is 3. The Morgan fingerprint density at radius 3 is 2.67 bits per heavy atom. The molecular weight excluding hydrogens is 266 g/mol. The molecule has 96 valence electrons. The minimum Gasteiger partial charge on any atom is -0.495 e. The number of methoxy groups -OCH3 is 1. The first-order valence-corrected chi connectivity index (χ1v) is 6.93. The quantitative estimate of drug-likeness (QED) is 0.881. The topological polar surface area (TPSA) is 21.3 Å². The van der Waals surface area contributed by atoms with Crippen molar-refractivity contribution in [3.05, 3.63) is 44.6 Å². The van der Waals surface area contributed by atoms with E-state index in [1.807, 2.05) is 29.5 Å². The number of rotatable bonds is 4. The van der Waals surface area contributed by atoms with Crippen LogP contribution in [0.4, 0.5) is 5.69 Å². The van der Waals surface area contributed by atoms with Crippen LogP contribution in [0.2, 0.25) is 5.02 Å². The minimum atomic E-state index is 0.705. The van der Waals surface area contributed by atoms with E-state index < -0.39 is 0 Å². The molecule has 0 saturated heterocycles. The van der Waals surface area contributed by atoms with Gasteiger partial charge in [-0.15, -0.1) is 11.3 Å². The standard InChI is InChI=1S/C14H16ClNOS/c1-9-6-11(10(2)18-9)8-16-13-7-12(15)4-5-14(13)17-3/h4-7,16H,8H2,1-3H3. The molecule has 1 heterocycles. The van der Waals surface area contributed by atoms with E-state index >= 15 is 0 Å². The summed E-state index contributed by atoms with van der Waals surface area (Å²) in [6.07, 6.45) is 0. The van der Waals surface area contributed by atoms with Gasteiger partial charge in [-0.2, -0.15) is 0 Å². The number of benzene rings is 1. The molecule has 2 nitrogen and oxygen atoms in total. The van der Waals surface area contributed by atoms with Crippen molar-refractivity contribution in [3.8, 4) is 5.75 Å². The molecule has 1 aromatic heterocycles. The SMILES string of the molecule is COc1ccc(Cl)cc1NCc1cc(C)sc1C. The third kappa shape index (κ3) is 2.98. The molecule has 1 N–H and O–H groups in total. The van der Waals surface area contributed by atoms with Gasteiger partial charge in [0, 0.05) is 21.3 Å². The van der Waals surface area contributed by atoms with Gasteiger partial charge in [-0.05, 0) is 43.7 Å². The maximum Gasteiger partial charge on any atom is 0.142 e. The van der Waals surface area contributed by atoms with E-state index in [9.17, 15) is 0 Å². The number of thiophene rings is 1. The lowest BCUT2D eigenvalue weighted by molar-refractivity contribution is 0.416. The van der Waals surface area contributed by atoms with Crippen LogP contribution in [0.1, 0.15) is 15.3 Å². The normalized spacial score (nSPS) is 10.4. The van der Waals surface area contributed by atoms with Gasteiger partial charge in [0.1, 0.15) is 5.75 Å². The molecule has 0 spiro atoms. The Morgan fingerprint density at radius 2 is 2.06 bits per heavy atom. The Hall–Kier alpha value is -1.19. The van der Waals surface area contributed by atoms with Gasteiger partial charge < -0.3 is 10.1 Å². The molecule has 0 radical (unpaired) electrons. The first-order chi connectivity index (χ1) is 8.60. The van der Waals surface area contributed by atoms with Crippen LogP contribution in [0, 0.1) is 13.8 Å². The summed E-state index contributed by atoms with van der Waals surface area (Å²) in [5.41, 5.74) is 2.24. The van der Waals surface area contributed by atoms with E-state index in [0.29, 0.717) is 5.02 Å². The Bertz CT molecular complexity index is 551. The molecule has 0 bridgehead atoms. The number of aryl methyl sites for hydroxylation is 2. The van der Waals surface area contributed by atoms with E-state index in [-0.39, 0.29) is 0 Å². The van der Waals surface area contributed by atoms with Crippen molar-refractivity contribution in [3.63, 3.8) is 0 Å². The molecule has 0 aliphatic heterocycles. The Balaban J connectivity index is 2.14. The molecule has 4 heteroatoms. The summed E-state index contributed by atoms with van der Waals surface area (Å²) in [6.45, 7) is 5.05. The van der Waals surface area contributed by atoms with Gasteiger partial charge in [0.2, 0.25) is 0 Å². The van der Waals surface area contributed by atoms with E-state index in [4.69, 9.17) is 16.3 Å². The van der Waals surface area contributed by atoms with Gasteiger partial charge in [-0.1, -0.05) is 11.6 Å². The van der Waals surface area contributed by atoms with Crippen molar-refractivity contribution < 1.29 is 4.74 Å². The van der Waals surface area contributed by atoms with Gasteiger partial charge in [0.05, 0.1) is 12.8 Å². The zero-order valence-corrected chi connectivity index (χ0v) is 12.3. The summed E-state index contributed by atoms with van der Waals surface area (Å²) in [4.78, 5) is 2.68. The largest absolute Gasteiger partial charge is 0.495 e. The predicted molar refractivity (Wildman–Crippen MR) is 79.1 cm³/mol. The molecule has 18 heavy (non-hydrogen) atoms. The summed E-state index contributed by atoms with van der Waals surface area (Å²) in [6, 6.07) is 7.79. The second-order valence-corrected chi connectivity index (χ2v) is 6.03. The third-order valence-corrected chi connectivity index (χ3v) is 4.02. The van der Waals surface area contributed by atoms with E-state index in [1.54, 1.807) is 7.11 Å². The highest BCUT2D eigenvalue weighted by Gasteiger charge is 2.06. The van der Waals surface area contributed by atoms with Crippen LogP contribution >= 0.6 is 22.9 Å². The Kier molecular flexibility index (Phi) is 4.15. The maximum absolute atomic E-state index is 6.00. The zero-order valence-electron chi connectivity index (χ0n) is 10.7. The third-order valence-electron chi connectivity index (χ3n) is 2.77.